The predicted octanol–water partition coefficient (Wildman–Crippen LogP) is 3.95. The van der Waals surface area contributed by atoms with Crippen LogP contribution < -0.4 is 0 Å². The molecule has 0 N–H and O–H groups in total. The fourth-order valence-electron chi connectivity index (χ4n) is 2.78. The number of sulfone groups is 1. The van der Waals surface area contributed by atoms with Gasteiger partial charge < -0.3 is 9.15 Å². The number of rotatable bonds is 5. The number of benzene rings is 1. The normalized spacial score (nSPS) is 21.8. The maximum Gasteiger partial charge on any atom is 0.198 e. The Hall–Kier alpha value is -1.11. The number of aromatic nitrogens is 1. The lowest BCUT2D eigenvalue weighted by Gasteiger charge is -2.34. The lowest BCUT2D eigenvalue weighted by molar-refractivity contribution is 0.0122. The summed E-state index contributed by atoms with van der Waals surface area (Å²) < 4.78 is 37.1. The number of nitrogens with zero attached hydrogens (tertiary/aromatic N) is 1. The highest BCUT2D eigenvalue weighted by molar-refractivity contribution is 7.92. The van der Waals surface area contributed by atoms with Crippen molar-refractivity contribution in [2.24, 2.45) is 0 Å². The molecule has 1 aliphatic carbocycles. The van der Waals surface area contributed by atoms with Gasteiger partial charge in [0.2, 0.25) is 0 Å². The standard InChI is InChI=1S/C16H20ClNO4S/c1-4-21-10-7-11(8-10)23(19,20)15-12(17)5-6-13-14(15)22-16(18-13)9(2)3/h5-6,9-11H,4,7-8H2,1-3H3. The van der Waals surface area contributed by atoms with Crippen molar-refractivity contribution in [1.29, 1.82) is 0 Å². The van der Waals surface area contributed by atoms with Gasteiger partial charge in [0.1, 0.15) is 10.4 Å². The van der Waals surface area contributed by atoms with Crippen molar-refractivity contribution in [3.63, 3.8) is 0 Å². The lowest BCUT2D eigenvalue weighted by atomic mass is 9.95. The van der Waals surface area contributed by atoms with Crippen molar-refractivity contribution in [2.75, 3.05) is 6.61 Å². The highest BCUT2D eigenvalue weighted by Gasteiger charge is 2.42. The predicted molar refractivity (Wildman–Crippen MR) is 88.7 cm³/mol. The van der Waals surface area contributed by atoms with E-state index < -0.39 is 15.1 Å². The fourth-order valence-corrected chi connectivity index (χ4v) is 5.27. The largest absolute Gasteiger partial charge is 0.439 e. The van der Waals surface area contributed by atoms with Crippen LogP contribution >= 0.6 is 11.6 Å². The van der Waals surface area contributed by atoms with Gasteiger partial charge in [0, 0.05) is 12.5 Å². The number of fused-ring (bicyclic) bond motifs is 1. The summed E-state index contributed by atoms with van der Waals surface area (Å²) in [5.74, 6) is 0.585. The molecule has 7 heteroatoms. The molecule has 0 amide bonds. The van der Waals surface area contributed by atoms with E-state index in [-0.39, 0.29) is 27.5 Å². The number of hydrogen-bond acceptors (Lipinski definition) is 5. The Morgan fingerprint density at radius 3 is 2.70 bits per heavy atom. The Bertz CT molecular complexity index is 822. The average molecular weight is 358 g/mol. The van der Waals surface area contributed by atoms with Crippen molar-refractivity contribution >= 4 is 32.5 Å². The molecule has 0 unspecified atom stereocenters. The summed E-state index contributed by atoms with van der Waals surface area (Å²) in [6.07, 6.45) is 1.00. The Labute approximate surface area is 140 Å². The summed E-state index contributed by atoms with van der Waals surface area (Å²) in [4.78, 5) is 4.43. The van der Waals surface area contributed by atoms with E-state index in [1.807, 2.05) is 20.8 Å². The first-order valence-electron chi connectivity index (χ1n) is 7.79. The number of oxazole rings is 1. The first kappa shape index (κ1) is 16.7. The summed E-state index contributed by atoms with van der Waals surface area (Å²) in [5, 5.41) is -0.293. The third kappa shape index (κ3) is 2.88. The van der Waals surface area contributed by atoms with Crippen LogP contribution in [-0.4, -0.2) is 31.4 Å². The zero-order valence-corrected chi connectivity index (χ0v) is 14.9. The smallest absolute Gasteiger partial charge is 0.198 e. The number of hydrogen-bond donors (Lipinski definition) is 0. The summed E-state index contributed by atoms with van der Waals surface area (Å²) in [7, 11) is -3.57. The molecule has 1 saturated carbocycles. The topological polar surface area (TPSA) is 69.4 Å². The van der Waals surface area contributed by atoms with Gasteiger partial charge in [0.05, 0.1) is 16.4 Å². The minimum Gasteiger partial charge on any atom is -0.439 e. The molecule has 1 aliphatic rings. The second-order valence-electron chi connectivity index (χ2n) is 6.15. The maximum atomic E-state index is 13.0. The highest BCUT2D eigenvalue weighted by atomic mass is 35.5. The molecule has 1 aromatic carbocycles. The molecular weight excluding hydrogens is 338 g/mol. The molecule has 0 atom stereocenters. The van der Waals surface area contributed by atoms with Crippen molar-refractivity contribution < 1.29 is 17.6 Å². The highest BCUT2D eigenvalue weighted by Crippen LogP contribution is 2.40. The van der Waals surface area contributed by atoms with Gasteiger partial charge in [-0.15, -0.1) is 0 Å². The van der Waals surface area contributed by atoms with E-state index in [9.17, 15) is 8.42 Å². The van der Waals surface area contributed by atoms with E-state index in [0.717, 1.165) is 0 Å². The van der Waals surface area contributed by atoms with E-state index in [4.69, 9.17) is 20.8 Å². The Morgan fingerprint density at radius 1 is 1.39 bits per heavy atom. The van der Waals surface area contributed by atoms with Crippen LogP contribution in [0, 0.1) is 0 Å². The second kappa shape index (κ2) is 6.07. The van der Waals surface area contributed by atoms with Crippen LogP contribution in [0.4, 0.5) is 0 Å². The van der Waals surface area contributed by atoms with Gasteiger partial charge in [-0.2, -0.15) is 0 Å². The van der Waals surface area contributed by atoms with Gasteiger partial charge in [-0.3, -0.25) is 0 Å². The monoisotopic (exact) mass is 357 g/mol. The Kier molecular flexibility index (Phi) is 4.42. The minimum atomic E-state index is -3.57. The van der Waals surface area contributed by atoms with Crippen LogP contribution in [0.25, 0.3) is 11.1 Å². The van der Waals surface area contributed by atoms with Gasteiger partial charge >= 0.3 is 0 Å². The SMILES string of the molecule is CCOC1CC(S(=O)(=O)c2c(Cl)ccc3nc(C(C)C)oc23)C1. The number of ether oxygens (including phenoxy) is 1. The quantitative estimate of drug-likeness (QED) is 0.810. The molecule has 0 aliphatic heterocycles. The molecule has 3 rings (SSSR count). The third-order valence-corrected chi connectivity index (χ3v) is 6.82. The first-order chi connectivity index (χ1) is 10.8. The molecule has 5 nitrogen and oxygen atoms in total. The molecule has 2 aromatic rings. The molecule has 126 valence electrons. The van der Waals surface area contributed by atoms with Crippen LogP contribution in [0.5, 0.6) is 0 Å². The van der Waals surface area contributed by atoms with E-state index in [1.54, 1.807) is 12.1 Å². The number of halogens is 1. The van der Waals surface area contributed by atoms with E-state index in [2.05, 4.69) is 4.98 Å². The molecule has 0 radical (unpaired) electrons. The average Bonchev–Trinajstić information content (AvgIpc) is 2.85. The third-order valence-electron chi connectivity index (χ3n) is 4.15. The fraction of sp³-hybridized carbons (Fsp3) is 0.562. The molecule has 0 bridgehead atoms. The van der Waals surface area contributed by atoms with Gasteiger partial charge in [-0.05, 0) is 31.9 Å². The Balaban J connectivity index is 2.03. The van der Waals surface area contributed by atoms with Gasteiger partial charge in [-0.1, -0.05) is 25.4 Å². The van der Waals surface area contributed by atoms with Crippen molar-refractivity contribution in [1.82, 2.24) is 4.98 Å². The zero-order valence-electron chi connectivity index (χ0n) is 13.4. The van der Waals surface area contributed by atoms with Gasteiger partial charge in [0.25, 0.3) is 0 Å². The van der Waals surface area contributed by atoms with Crippen molar-refractivity contribution in [3.8, 4) is 0 Å². The summed E-state index contributed by atoms with van der Waals surface area (Å²) in [6, 6.07) is 3.26. The van der Waals surface area contributed by atoms with Crippen LogP contribution in [0.15, 0.2) is 21.4 Å². The molecule has 0 spiro atoms. The van der Waals surface area contributed by atoms with E-state index >= 15 is 0 Å². The van der Waals surface area contributed by atoms with Gasteiger partial charge in [0.15, 0.2) is 21.3 Å². The molecule has 0 saturated heterocycles. The minimum absolute atomic E-state index is 0.0127. The Morgan fingerprint density at radius 2 is 2.09 bits per heavy atom. The molecule has 1 aromatic heterocycles. The molecule has 1 fully saturated rings. The molecule has 1 heterocycles. The van der Waals surface area contributed by atoms with E-state index in [1.165, 1.54) is 0 Å². The van der Waals surface area contributed by atoms with Crippen molar-refractivity contribution in [3.05, 3.63) is 23.0 Å². The van der Waals surface area contributed by atoms with Crippen LogP contribution in [-0.2, 0) is 14.6 Å². The maximum absolute atomic E-state index is 13.0. The first-order valence-corrected chi connectivity index (χ1v) is 9.71. The summed E-state index contributed by atoms with van der Waals surface area (Å²) >= 11 is 6.20. The van der Waals surface area contributed by atoms with Crippen molar-refractivity contribution in [2.45, 2.75) is 55.8 Å². The zero-order chi connectivity index (χ0) is 16.8. The van der Waals surface area contributed by atoms with Crippen LogP contribution in [0.3, 0.4) is 0 Å². The van der Waals surface area contributed by atoms with Crippen LogP contribution in [0.2, 0.25) is 5.02 Å². The summed E-state index contributed by atoms with van der Waals surface area (Å²) in [5.41, 5.74) is 0.790. The van der Waals surface area contributed by atoms with Gasteiger partial charge in [-0.25, -0.2) is 13.4 Å². The van der Waals surface area contributed by atoms with Crippen LogP contribution in [0.1, 0.15) is 45.4 Å². The lowest BCUT2D eigenvalue weighted by Crippen LogP contribution is -2.41. The molecule has 23 heavy (non-hydrogen) atoms. The van der Waals surface area contributed by atoms with E-state index in [0.29, 0.717) is 30.9 Å². The molecular formula is C16H20ClNO4S. The summed E-state index contributed by atoms with van der Waals surface area (Å²) in [6.45, 7) is 6.38. The second-order valence-corrected chi connectivity index (χ2v) is 8.72.